The molecule has 31 heavy (non-hydrogen) atoms. The zero-order valence-corrected chi connectivity index (χ0v) is 18.1. The first kappa shape index (κ1) is 21.1. The molecule has 1 unspecified atom stereocenters. The lowest BCUT2D eigenvalue weighted by atomic mass is 9.92. The lowest BCUT2D eigenvalue weighted by molar-refractivity contribution is -0.123. The van der Waals surface area contributed by atoms with Gasteiger partial charge in [-0.25, -0.2) is 4.98 Å². The van der Waals surface area contributed by atoms with E-state index in [4.69, 9.17) is 11.6 Å². The standard InChI is InChI=1S/C22H19ClN4O3S/c1-12-4-2-7-15(8-12)24-20(29)16-10-17(28)25-19-18(16)21(30)27-22(26-19)31-11-13-5-3-6-14(23)9-13/h2-9,16H,10-11H2,1H3,(H,24,29)(H2,25,26,27,28,30). The highest BCUT2D eigenvalue weighted by atomic mass is 35.5. The molecule has 0 fully saturated rings. The normalized spacial score (nSPS) is 15.2. The predicted molar refractivity (Wildman–Crippen MR) is 122 cm³/mol. The van der Waals surface area contributed by atoms with Crippen molar-refractivity contribution >= 4 is 46.7 Å². The fraction of sp³-hybridized carbons (Fsp3) is 0.182. The summed E-state index contributed by atoms with van der Waals surface area (Å²) in [5.41, 5.74) is 2.29. The van der Waals surface area contributed by atoms with Gasteiger partial charge in [0, 0.05) is 22.9 Å². The molecule has 9 heteroatoms. The molecule has 1 aliphatic rings. The molecule has 3 N–H and O–H groups in total. The van der Waals surface area contributed by atoms with Gasteiger partial charge in [0.25, 0.3) is 5.56 Å². The van der Waals surface area contributed by atoms with E-state index in [1.165, 1.54) is 11.8 Å². The first-order chi connectivity index (χ1) is 14.9. The number of nitrogens with one attached hydrogen (secondary N) is 3. The third-order valence-corrected chi connectivity index (χ3v) is 5.98. The van der Waals surface area contributed by atoms with E-state index >= 15 is 0 Å². The van der Waals surface area contributed by atoms with Gasteiger partial charge in [0.1, 0.15) is 5.82 Å². The van der Waals surface area contributed by atoms with Crippen molar-refractivity contribution in [3.05, 3.63) is 80.6 Å². The van der Waals surface area contributed by atoms with Crippen LogP contribution in [0.25, 0.3) is 0 Å². The second kappa shape index (κ2) is 8.95. The van der Waals surface area contributed by atoms with Crippen LogP contribution < -0.4 is 16.2 Å². The fourth-order valence-corrected chi connectivity index (χ4v) is 4.39. The van der Waals surface area contributed by atoms with E-state index in [1.807, 2.05) is 43.3 Å². The first-order valence-corrected chi connectivity index (χ1v) is 10.9. The number of carbonyl (C=O) groups excluding carboxylic acids is 2. The Hall–Kier alpha value is -3.10. The summed E-state index contributed by atoms with van der Waals surface area (Å²) in [4.78, 5) is 45.0. The molecule has 0 saturated carbocycles. The van der Waals surface area contributed by atoms with E-state index in [-0.39, 0.29) is 23.7 Å². The minimum atomic E-state index is -0.924. The van der Waals surface area contributed by atoms with Gasteiger partial charge >= 0.3 is 0 Å². The molecule has 0 saturated heterocycles. The van der Waals surface area contributed by atoms with Crippen LogP contribution in [0, 0.1) is 6.92 Å². The van der Waals surface area contributed by atoms with Crippen LogP contribution in [0.2, 0.25) is 5.02 Å². The Morgan fingerprint density at radius 2 is 2.03 bits per heavy atom. The van der Waals surface area contributed by atoms with E-state index in [2.05, 4.69) is 20.6 Å². The van der Waals surface area contributed by atoms with E-state index in [0.717, 1.165) is 11.1 Å². The molecule has 1 atom stereocenters. The van der Waals surface area contributed by atoms with Crippen LogP contribution in [0.15, 0.2) is 58.5 Å². The number of hydrogen-bond donors (Lipinski definition) is 3. The second-order valence-corrected chi connectivity index (χ2v) is 8.62. The molecule has 0 bridgehead atoms. The molecule has 2 heterocycles. The number of carbonyl (C=O) groups is 2. The number of aromatic amines is 1. The molecule has 2 aromatic carbocycles. The van der Waals surface area contributed by atoms with Crippen LogP contribution in [-0.4, -0.2) is 21.8 Å². The first-order valence-electron chi connectivity index (χ1n) is 9.58. The van der Waals surface area contributed by atoms with E-state index < -0.39 is 17.4 Å². The van der Waals surface area contributed by atoms with Crippen LogP contribution in [0.1, 0.15) is 29.0 Å². The molecule has 2 amide bonds. The van der Waals surface area contributed by atoms with Crippen LogP contribution in [0.5, 0.6) is 0 Å². The van der Waals surface area contributed by atoms with E-state index in [0.29, 0.717) is 21.6 Å². The largest absolute Gasteiger partial charge is 0.326 e. The maximum absolute atomic E-state index is 12.9. The van der Waals surface area contributed by atoms with Crippen molar-refractivity contribution in [1.82, 2.24) is 9.97 Å². The van der Waals surface area contributed by atoms with Gasteiger partial charge in [-0.3, -0.25) is 14.4 Å². The molecule has 158 valence electrons. The summed E-state index contributed by atoms with van der Waals surface area (Å²) < 4.78 is 0. The summed E-state index contributed by atoms with van der Waals surface area (Å²) in [6.45, 7) is 1.91. The lowest BCUT2D eigenvalue weighted by Gasteiger charge is -2.23. The Balaban J connectivity index is 1.58. The second-order valence-electron chi connectivity index (χ2n) is 7.22. The highest BCUT2D eigenvalue weighted by Gasteiger charge is 2.34. The number of thioether (sulfide) groups is 1. The highest BCUT2D eigenvalue weighted by molar-refractivity contribution is 7.98. The van der Waals surface area contributed by atoms with Gasteiger partial charge in [0.2, 0.25) is 11.8 Å². The summed E-state index contributed by atoms with van der Waals surface area (Å²) in [6.07, 6.45) is -0.121. The number of halogens is 1. The molecule has 3 aromatic rings. The van der Waals surface area contributed by atoms with Gasteiger partial charge in [-0.15, -0.1) is 0 Å². The smallest absolute Gasteiger partial charge is 0.257 e. The van der Waals surface area contributed by atoms with Crippen LogP contribution in [-0.2, 0) is 15.3 Å². The molecule has 7 nitrogen and oxygen atoms in total. The average molecular weight is 455 g/mol. The predicted octanol–water partition coefficient (Wildman–Crippen LogP) is 4.09. The zero-order chi connectivity index (χ0) is 22.0. The molecule has 4 rings (SSSR count). The number of rotatable bonds is 5. The molecular weight excluding hydrogens is 436 g/mol. The van der Waals surface area contributed by atoms with Crippen LogP contribution in [0.4, 0.5) is 11.5 Å². The van der Waals surface area contributed by atoms with Crippen molar-refractivity contribution in [1.29, 1.82) is 0 Å². The van der Waals surface area contributed by atoms with Crippen LogP contribution in [0.3, 0.4) is 0 Å². The minimum Gasteiger partial charge on any atom is -0.326 e. The monoisotopic (exact) mass is 454 g/mol. The van der Waals surface area contributed by atoms with E-state index in [1.54, 1.807) is 12.1 Å². The topological polar surface area (TPSA) is 104 Å². The average Bonchev–Trinajstić information content (AvgIpc) is 2.71. The Labute approximate surface area is 187 Å². The van der Waals surface area contributed by atoms with Crippen molar-refractivity contribution in [2.45, 2.75) is 30.2 Å². The number of fused-ring (bicyclic) bond motifs is 1. The number of benzene rings is 2. The maximum atomic E-state index is 12.9. The number of aryl methyl sites for hydroxylation is 1. The number of anilines is 2. The lowest BCUT2D eigenvalue weighted by Crippen LogP contribution is -2.36. The Kier molecular flexibility index (Phi) is 6.11. The number of nitrogens with zero attached hydrogens (tertiary/aromatic N) is 1. The van der Waals surface area contributed by atoms with Crippen molar-refractivity contribution in [3.8, 4) is 0 Å². The van der Waals surface area contributed by atoms with Gasteiger partial charge in [-0.05, 0) is 42.3 Å². The van der Waals surface area contributed by atoms with Crippen molar-refractivity contribution in [2.24, 2.45) is 0 Å². The molecule has 1 aromatic heterocycles. The van der Waals surface area contributed by atoms with Gasteiger partial charge in [-0.2, -0.15) is 0 Å². The number of amides is 2. The number of aromatic nitrogens is 2. The third kappa shape index (κ3) is 4.98. The molecular formula is C22H19ClN4O3S. The zero-order valence-electron chi connectivity index (χ0n) is 16.6. The fourth-order valence-electron chi connectivity index (χ4n) is 3.37. The number of H-pyrrole nitrogens is 1. The maximum Gasteiger partial charge on any atom is 0.257 e. The third-order valence-electron chi connectivity index (χ3n) is 4.80. The SMILES string of the molecule is Cc1cccc(NC(=O)C2CC(=O)Nc3nc(SCc4cccc(Cl)c4)[nH]c(=O)c32)c1. The minimum absolute atomic E-state index is 0.121. The molecule has 1 aliphatic heterocycles. The van der Waals surface area contributed by atoms with Crippen molar-refractivity contribution in [3.63, 3.8) is 0 Å². The summed E-state index contributed by atoms with van der Waals surface area (Å²) in [5.74, 6) is -1.05. The van der Waals surface area contributed by atoms with Crippen molar-refractivity contribution < 1.29 is 9.59 Å². The summed E-state index contributed by atoms with van der Waals surface area (Å²) in [5, 5.41) is 6.39. The Bertz CT molecular complexity index is 1230. The van der Waals surface area contributed by atoms with Gasteiger partial charge in [0.15, 0.2) is 5.16 Å². The summed E-state index contributed by atoms with van der Waals surface area (Å²) >= 11 is 7.31. The quantitative estimate of drug-likeness (QED) is 0.398. The van der Waals surface area contributed by atoms with Gasteiger partial charge < -0.3 is 15.6 Å². The highest BCUT2D eigenvalue weighted by Crippen LogP contribution is 2.31. The van der Waals surface area contributed by atoms with Crippen LogP contribution >= 0.6 is 23.4 Å². The molecule has 0 aliphatic carbocycles. The summed E-state index contributed by atoms with van der Waals surface area (Å²) in [7, 11) is 0. The molecule has 0 radical (unpaired) electrons. The van der Waals surface area contributed by atoms with Gasteiger partial charge in [0.05, 0.1) is 11.5 Å². The number of hydrogen-bond acceptors (Lipinski definition) is 5. The van der Waals surface area contributed by atoms with E-state index in [9.17, 15) is 14.4 Å². The molecule has 0 spiro atoms. The summed E-state index contributed by atoms with van der Waals surface area (Å²) in [6, 6.07) is 14.7. The van der Waals surface area contributed by atoms with Gasteiger partial charge in [-0.1, -0.05) is 47.6 Å². The Morgan fingerprint density at radius 1 is 1.23 bits per heavy atom. The Morgan fingerprint density at radius 3 is 2.81 bits per heavy atom. The van der Waals surface area contributed by atoms with Crippen molar-refractivity contribution in [2.75, 3.05) is 10.6 Å².